The average Bonchev–Trinajstić information content (AvgIpc) is 1.37. The van der Waals surface area contributed by atoms with E-state index in [1.807, 2.05) is 0 Å². The van der Waals surface area contributed by atoms with Crippen LogP contribution < -0.4 is 0 Å². The van der Waals surface area contributed by atoms with Gasteiger partial charge in [-0.15, -0.1) is 0 Å². The van der Waals surface area contributed by atoms with E-state index in [0.29, 0.717) is 0 Å². The first kappa shape index (κ1) is 24.0. The van der Waals surface area contributed by atoms with E-state index in [-0.39, 0.29) is 61.2 Å². The summed E-state index contributed by atoms with van der Waals surface area (Å²) in [5, 5.41) is 0. The van der Waals surface area contributed by atoms with E-state index in [4.69, 9.17) is 4.79 Å². The molecule has 0 rings (SSSR count). The zero-order valence-electron chi connectivity index (χ0n) is 4.30. The molecule has 0 saturated heterocycles. The predicted octanol–water partition coefficient (Wildman–Crippen LogP) is 0.145. The minimum absolute atomic E-state index is 0. The smallest absolute Gasteiger partial charge is 0.655 e. The fourth-order valence-electron chi connectivity index (χ4n) is 0. The van der Waals surface area contributed by atoms with E-state index >= 15 is 0 Å². The van der Waals surface area contributed by atoms with Crippen LogP contribution in [0.1, 0.15) is 0 Å². The minimum Gasteiger partial charge on any atom is -0.655 e. The zero-order valence-corrected chi connectivity index (χ0v) is 10.1. The third-order valence-electron chi connectivity index (χ3n) is 0.0833. The Bertz CT molecular complexity index is 26.9. The first-order valence-electron chi connectivity index (χ1n) is 0.816. The molecule has 0 saturated carbocycles. The maximum absolute atomic E-state index is 8.83. The topological polar surface area (TPSA) is 26.3 Å². The molecule has 7 heavy (non-hydrogen) atoms. The van der Waals surface area contributed by atoms with Gasteiger partial charge in [0.05, 0.1) is 0 Å². The van der Waals surface area contributed by atoms with E-state index in [0.717, 1.165) is 0 Å². The molecule has 4 heteroatoms. The summed E-state index contributed by atoms with van der Waals surface area (Å²) in [6, 6.07) is 0. The van der Waals surface area contributed by atoms with E-state index in [1.165, 1.54) is 13.6 Å². The van der Waals surface area contributed by atoms with Crippen molar-refractivity contribution in [2.75, 3.05) is 7.11 Å². The van der Waals surface area contributed by atoms with E-state index < -0.39 is 0 Å². The second-order valence-electron chi connectivity index (χ2n) is 0.287. The number of rotatable bonds is 1. The van der Waals surface area contributed by atoms with Crippen LogP contribution in [0.25, 0.3) is 0 Å². The van der Waals surface area contributed by atoms with Crippen LogP contribution in [-0.2, 0) is 63.3 Å². The molecule has 0 heterocycles. The van der Waals surface area contributed by atoms with Crippen LogP contribution in [0.3, 0.4) is 0 Å². The van der Waals surface area contributed by atoms with Gasteiger partial charge >= 0.3 is 21.1 Å². The van der Waals surface area contributed by atoms with Crippen molar-refractivity contribution in [1.29, 1.82) is 0 Å². The molecule has 1 radical (unpaired) electrons. The zero-order chi connectivity index (χ0) is 3.41. The van der Waals surface area contributed by atoms with Crippen LogP contribution in [-0.4, -0.2) is 13.6 Å². The fourth-order valence-corrected chi connectivity index (χ4v) is 0. The van der Waals surface area contributed by atoms with Crippen molar-refractivity contribution in [3.05, 3.63) is 7.43 Å². The van der Waals surface area contributed by atoms with Crippen LogP contribution >= 0.6 is 0 Å². The van der Waals surface area contributed by atoms with Crippen molar-refractivity contribution in [2.45, 2.75) is 0 Å². The van der Waals surface area contributed by atoms with Crippen LogP contribution in [0.5, 0.6) is 0 Å². The number of carbonyl (C=O) groups excluding carboxylic acids is 1. The van der Waals surface area contributed by atoms with Gasteiger partial charge in [-0.3, -0.25) is 0 Å². The molecule has 0 spiro atoms. The molecule has 2 nitrogen and oxygen atoms in total. The molecule has 0 atom stereocenters. The van der Waals surface area contributed by atoms with E-state index in [2.05, 4.69) is 4.74 Å². The summed E-state index contributed by atoms with van der Waals surface area (Å²) in [6.45, 7) is 1.18. The summed E-state index contributed by atoms with van der Waals surface area (Å²) in [6.07, 6.45) is 0. The Balaban J connectivity index is -0.0000000150. The Kier molecular flexibility index (Phi) is 91.7. The molecule has 0 fully saturated rings. The van der Waals surface area contributed by atoms with Gasteiger partial charge in [-0.05, 0) is 0 Å². The first-order chi connectivity index (χ1) is 1.91. The Morgan fingerprint density at radius 3 is 1.71 bits per heavy atom. The molecule has 0 amide bonds. The molecule has 0 aliphatic heterocycles. The van der Waals surface area contributed by atoms with Gasteiger partial charge in [0.15, 0.2) is 0 Å². The molecule has 0 aliphatic carbocycles. The van der Waals surface area contributed by atoms with Gasteiger partial charge in [0.2, 0.25) is 0 Å². The molecule has 0 unspecified atom stereocenters. The third kappa shape index (κ3) is 39.3. The average molecular weight is 347 g/mol. The molecular weight excluding hydrogens is 341 g/mol. The maximum atomic E-state index is 8.83. The number of hydrogen-bond acceptors (Lipinski definition) is 2. The van der Waals surface area contributed by atoms with Crippen LogP contribution in [0.2, 0.25) is 0 Å². The summed E-state index contributed by atoms with van der Waals surface area (Å²) >= 11 is 0. The minimum atomic E-state index is 0. The third-order valence-corrected chi connectivity index (χ3v) is 0.0833. The summed E-state index contributed by atoms with van der Waals surface area (Å²) < 4.78 is 3.74. The fraction of sp³-hybridized carbons (Fsp3) is 0.333. The number of hydrogen-bond donors (Lipinski definition) is 0. The number of methoxy groups -OCH3 is 1. The summed E-state index contributed by atoms with van der Waals surface area (Å²) in [5.41, 5.74) is 0. The van der Waals surface area contributed by atoms with Crippen molar-refractivity contribution in [2.24, 2.45) is 0 Å². The van der Waals surface area contributed by atoms with Crippen molar-refractivity contribution in [3.63, 3.8) is 0 Å². The molecule has 0 aliphatic rings. The van der Waals surface area contributed by atoms with Crippen LogP contribution in [0.4, 0.5) is 0 Å². The molecule has 0 aromatic rings. The maximum Gasteiger partial charge on any atom is 2.00 e. The van der Waals surface area contributed by atoms with Gasteiger partial charge in [-0.2, -0.15) is 0 Å². The predicted molar refractivity (Wildman–Crippen MR) is 19.1 cm³/mol. The molecule has 0 N–H and O–H groups in total. The summed E-state index contributed by atoms with van der Waals surface area (Å²) in [5.74, 6) is 0. The van der Waals surface area contributed by atoms with E-state index in [1.54, 1.807) is 0 Å². The van der Waals surface area contributed by atoms with Crippen LogP contribution in [0, 0.1) is 7.43 Å². The molecule has 0 aromatic heterocycles. The van der Waals surface area contributed by atoms with Gasteiger partial charge in [0.25, 0.3) is 0 Å². The molecule has 0 aromatic carbocycles. The first-order valence-corrected chi connectivity index (χ1v) is 0.816. The Morgan fingerprint density at radius 2 is 1.71 bits per heavy atom. The van der Waals surface area contributed by atoms with Crippen molar-refractivity contribution < 1.29 is 63.3 Å². The Morgan fingerprint density at radius 1 is 1.57 bits per heavy atom. The Labute approximate surface area is 83.5 Å². The van der Waals surface area contributed by atoms with Gasteiger partial charge in [-0.25, -0.2) is 0 Å². The molecular formula is C3H6O2WY. The van der Waals surface area contributed by atoms with Crippen LogP contribution in [0.15, 0.2) is 0 Å². The standard InChI is InChI=1S/C2H3O2.CH3.W.Y/c1-4-2-3;;;/h1H3;1H3;;/q2*-1;+2;. The van der Waals surface area contributed by atoms with Crippen molar-refractivity contribution in [1.82, 2.24) is 0 Å². The second-order valence-corrected chi connectivity index (χ2v) is 0.287. The molecule has 39 valence electrons. The monoisotopic (exact) mass is 347 g/mol. The molecule has 0 bridgehead atoms. The van der Waals surface area contributed by atoms with Crippen molar-refractivity contribution >= 4 is 6.47 Å². The van der Waals surface area contributed by atoms with Gasteiger partial charge < -0.3 is 17.0 Å². The SMILES string of the molecule is CO[C-]=O.[CH3-].[W+2].[Y]. The quantitative estimate of drug-likeness (QED) is 0.632. The summed E-state index contributed by atoms with van der Waals surface area (Å²) in [7, 11) is 1.26. The normalized spacial score (nSPS) is 3.00. The number of ether oxygens (including phenoxy) is 1. The van der Waals surface area contributed by atoms with Gasteiger partial charge in [-0.1, -0.05) is 6.47 Å². The van der Waals surface area contributed by atoms with Gasteiger partial charge in [0, 0.05) is 39.8 Å². The van der Waals surface area contributed by atoms with Crippen molar-refractivity contribution in [3.8, 4) is 0 Å². The second kappa shape index (κ2) is 26.8. The van der Waals surface area contributed by atoms with Gasteiger partial charge in [0.1, 0.15) is 0 Å². The summed E-state index contributed by atoms with van der Waals surface area (Å²) in [4.78, 5) is 8.83. The van der Waals surface area contributed by atoms with E-state index in [9.17, 15) is 0 Å². The Hall–Kier alpha value is 1.26. The largest absolute Gasteiger partial charge is 2.00 e.